The summed E-state index contributed by atoms with van der Waals surface area (Å²) in [6.07, 6.45) is 0. The van der Waals surface area contributed by atoms with E-state index in [0.29, 0.717) is 33.5 Å². The number of anilines is 2. The Labute approximate surface area is 160 Å². The van der Waals surface area contributed by atoms with E-state index in [1.807, 2.05) is 19.1 Å². The van der Waals surface area contributed by atoms with Crippen molar-refractivity contribution >= 4 is 34.2 Å². The third-order valence-corrected chi connectivity index (χ3v) is 4.36. The Morgan fingerprint density at radius 1 is 0.786 bits per heavy atom. The van der Waals surface area contributed by atoms with E-state index < -0.39 is 0 Å². The third kappa shape index (κ3) is 3.59. The average Bonchev–Trinajstić information content (AvgIpc) is 3.19. The Hall–Kier alpha value is -4.00. The number of nitrogens with zero attached hydrogens (tertiary/aromatic N) is 2. The number of H-pyrrole nitrogens is 1. The molecule has 0 saturated carbocycles. The Morgan fingerprint density at radius 2 is 1.54 bits per heavy atom. The van der Waals surface area contributed by atoms with Crippen molar-refractivity contribution in [1.82, 2.24) is 15.4 Å². The normalized spacial score (nSPS) is 10.6. The molecule has 3 N–H and O–H groups in total. The molecule has 0 fully saturated rings. The van der Waals surface area contributed by atoms with E-state index in [-0.39, 0.29) is 11.8 Å². The highest BCUT2D eigenvalue weighted by Crippen LogP contribution is 2.22. The Morgan fingerprint density at radius 3 is 2.36 bits per heavy atom. The molecule has 0 radical (unpaired) electrons. The molecule has 1 aromatic heterocycles. The number of benzene rings is 3. The third-order valence-electron chi connectivity index (χ3n) is 4.36. The molecule has 0 bridgehead atoms. The van der Waals surface area contributed by atoms with Crippen molar-refractivity contribution in [2.45, 2.75) is 6.92 Å². The summed E-state index contributed by atoms with van der Waals surface area (Å²) in [6.45, 7) is 1.89. The molecule has 4 aromatic rings. The summed E-state index contributed by atoms with van der Waals surface area (Å²) >= 11 is 0. The molecule has 0 unspecified atom stereocenters. The number of rotatable bonds is 4. The number of amides is 2. The molecule has 28 heavy (non-hydrogen) atoms. The zero-order valence-corrected chi connectivity index (χ0v) is 15.1. The number of hydrogen-bond donors (Lipinski definition) is 3. The van der Waals surface area contributed by atoms with Crippen molar-refractivity contribution in [3.05, 3.63) is 83.4 Å². The minimum absolute atomic E-state index is 0.210. The maximum absolute atomic E-state index is 12.6. The van der Waals surface area contributed by atoms with E-state index >= 15 is 0 Å². The molecular formula is C21H17N5O2. The molecule has 0 aliphatic carbocycles. The predicted molar refractivity (Wildman–Crippen MR) is 107 cm³/mol. The molecular weight excluding hydrogens is 354 g/mol. The van der Waals surface area contributed by atoms with Crippen molar-refractivity contribution in [3.8, 4) is 0 Å². The molecule has 2 amide bonds. The van der Waals surface area contributed by atoms with Gasteiger partial charge in [0.2, 0.25) is 0 Å². The molecule has 0 saturated heterocycles. The van der Waals surface area contributed by atoms with E-state index in [1.165, 1.54) is 0 Å². The molecule has 0 atom stereocenters. The second-order valence-electron chi connectivity index (χ2n) is 6.33. The van der Waals surface area contributed by atoms with Crippen LogP contribution >= 0.6 is 0 Å². The summed E-state index contributed by atoms with van der Waals surface area (Å²) < 4.78 is 0. The number of aromatic nitrogens is 3. The van der Waals surface area contributed by atoms with Crippen LogP contribution in [0, 0.1) is 6.92 Å². The first-order valence-electron chi connectivity index (χ1n) is 8.69. The monoisotopic (exact) mass is 371 g/mol. The van der Waals surface area contributed by atoms with Crippen LogP contribution in [0.4, 0.5) is 11.4 Å². The van der Waals surface area contributed by atoms with E-state index in [9.17, 15) is 9.59 Å². The molecule has 7 heteroatoms. The molecule has 1 heterocycles. The largest absolute Gasteiger partial charge is 0.322 e. The zero-order chi connectivity index (χ0) is 19.5. The van der Waals surface area contributed by atoms with Crippen LogP contribution in [-0.2, 0) is 0 Å². The highest BCUT2D eigenvalue weighted by Gasteiger charge is 2.12. The van der Waals surface area contributed by atoms with Gasteiger partial charge in [0.1, 0.15) is 11.0 Å². The van der Waals surface area contributed by atoms with Crippen LogP contribution in [0.25, 0.3) is 11.0 Å². The fourth-order valence-electron chi connectivity index (χ4n) is 2.80. The van der Waals surface area contributed by atoms with Crippen LogP contribution in [0.2, 0.25) is 0 Å². The molecule has 3 aromatic carbocycles. The lowest BCUT2D eigenvalue weighted by atomic mass is 10.1. The van der Waals surface area contributed by atoms with Crippen LogP contribution in [0.5, 0.6) is 0 Å². The lowest BCUT2D eigenvalue weighted by Gasteiger charge is -2.12. The Bertz CT molecular complexity index is 1170. The molecule has 7 nitrogen and oxygen atoms in total. The second-order valence-corrected chi connectivity index (χ2v) is 6.33. The number of hydrogen-bond acceptors (Lipinski definition) is 4. The lowest BCUT2D eigenvalue weighted by Crippen LogP contribution is -2.14. The molecule has 4 rings (SSSR count). The van der Waals surface area contributed by atoms with E-state index in [2.05, 4.69) is 26.0 Å². The van der Waals surface area contributed by atoms with E-state index in [4.69, 9.17) is 0 Å². The van der Waals surface area contributed by atoms with Gasteiger partial charge in [-0.15, -0.1) is 0 Å². The quantitative estimate of drug-likeness (QED) is 0.508. The van der Waals surface area contributed by atoms with Crippen molar-refractivity contribution in [2.24, 2.45) is 0 Å². The molecule has 138 valence electrons. The maximum Gasteiger partial charge on any atom is 0.255 e. The standard InChI is InChI=1S/C21H17N5O2/c1-13-7-9-16(22-20(27)14-5-3-2-4-6-14)12-18(13)23-21(28)15-8-10-17-19(11-15)25-26-24-17/h2-12H,1H3,(H,22,27)(H,23,28)(H,24,25,26). The summed E-state index contributed by atoms with van der Waals surface area (Å²) in [7, 11) is 0. The van der Waals surface area contributed by atoms with Gasteiger partial charge in [-0.1, -0.05) is 24.3 Å². The van der Waals surface area contributed by atoms with Crippen LogP contribution in [0.3, 0.4) is 0 Å². The highest BCUT2D eigenvalue weighted by atomic mass is 16.2. The van der Waals surface area contributed by atoms with Crippen LogP contribution in [0.15, 0.2) is 66.7 Å². The Kier molecular flexibility index (Phi) is 4.55. The number of carbonyl (C=O) groups excluding carboxylic acids is 2. The summed E-state index contributed by atoms with van der Waals surface area (Å²) in [4.78, 5) is 25.0. The molecule has 0 aliphatic heterocycles. The number of nitrogens with one attached hydrogen (secondary N) is 3. The maximum atomic E-state index is 12.6. The minimum Gasteiger partial charge on any atom is -0.322 e. The highest BCUT2D eigenvalue weighted by molar-refractivity contribution is 6.07. The second kappa shape index (κ2) is 7.32. The zero-order valence-electron chi connectivity index (χ0n) is 15.1. The number of carbonyl (C=O) groups is 2. The smallest absolute Gasteiger partial charge is 0.255 e. The summed E-state index contributed by atoms with van der Waals surface area (Å²) in [5.41, 5.74) is 4.45. The van der Waals surface area contributed by atoms with Crippen molar-refractivity contribution in [2.75, 3.05) is 10.6 Å². The van der Waals surface area contributed by atoms with Crippen molar-refractivity contribution < 1.29 is 9.59 Å². The van der Waals surface area contributed by atoms with Gasteiger partial charge in [0, 0.05) is 22.5 Å². The summed E-state index contributed by atoms with van der Waals surface area (Å²) in [5.74, 6) is -0.474. The number of aryl methyl sites for hydroxylation is 1. The van der Waals surface area contributed by atoms with Gasteiger partial charge in [0.15, 0.2) is 0 Å². The van der Waals surface area contributed by atoms with Crippen LogP contribution < -0.4 is 10.6 Å². The van der Waals surface area contributed by atoms with Gasteiger partial charge in [-0.05, 0) is 55.0 Å². The molecule has 0 spiro atoms. The topological polar surface area (TPSA) is 99.8 Å². The fourth-order valence-corrected chi connectivity index (χ4v) is 2.80. The number of fused-ring (bicyclic) bond motifs is 1. The minimum atomic E-state index is -0.264. The number of aromatic amines is 1. The van der Waals surface area contributed by atoms with Gasteiger partial charge in [-0.3, -0.25) is 9.59 Å². The Balaban J connectivity index is 1.53. The first-order chi connectivity index (χ1) is 13.6. The van der Waals surface area contributed by atoms with Crippen molar-refractivity contribution in [3.63, 3.8) is 0 Å². The van der Waals surface area contributed by atoms with Gasteiger partial charge in [0.25, 0.3) is 11.8 Å². The first kappa shape index (κ1) is 17.4. The summed E-state index contributed by atoms with van der Waals surface area (Å²) in [5, 5.41) is 16.2. The van der Waals surface area contributed by atoms with Gasteiger partial charge < -0.3 is 10.6 Å². The van der Waals surface area contributed by atoms with E-state index in [1.54, 1.807) is 54.6 Å². The average molecular weight is 371 g/mol. The van der Waals surface area contributed by atoms with Gasteiger partial charge in [0.05, 0.1) is 0 Å². The van der Waals surface area contributed by atoms with Crippen LogP contribution in [0.1, 0.15) is 26.3 Å². The van der Waals surface area contributed by atoms with Gasteiger partial charge in [-0.25, -0.2) is 0 Å². The summed E-state index contributed by atoms with van der Waals surface area (Å²) in [6, 6.07) is 19.4. The molecule has 0 aliphatic rings. The van der Waals surface area contributed by atoms with Gasteiger partial charge >= 0.3 is 0 Å². The van der Waals surface area contributed by atoms with Gasteiger partial charge in [-0.2, -0.15) is 15.4 Å². The SMILES string of the molecule is Cc1ccc(NC(=O)c2ccccc2)cc1NC(=O)c1ccc2n[nH]nc2c1. The van der Waals surface area contributed by atoms with Crippen LogP contribution in [-0.4, -0.2) is 27.2 Å². The predicted octanol–water partition coefficient (Wildman–Crippen LogP) is 3.77. The first-order valence-corrected chi connectivity index (χ1v) is 8.69. The van der Waals surface area contributed by atoms with Crippen molar-refractivity contribution in [1.29, 1.82) is 0 Å². The fraction of sp³-hybridized carbons (Fsp3) is 0.0476. The van der Waals surface area contributed by atoms with E-state index in [0.717, 1.165) is 5.56 Å². The lowest BCUT2D eigenvalue weighted by molar-refractivity contribution is 0.101.